The van der Waals surface area contributed by atoms with Crippen LogP contribution in [0.2, 0.25) is 5.02 Å². The molecular weight excluding hydrogens is 459 g/mol. The third-order valence-electron chi connectivity index (χ3n) is 5.84. The highest BCUT2D eigenvalue weighted by atomic mass is 35.5. The van der Waals surface area contributed by atoms with E-state index in [4.69, 9.17) is 11.6 Å². The number of nitrogens with one attached hydrogen (secondary N) is 1. The van der Waals surface area contributed by atoms with Gasteiger partial charge in [0.15, 0.2) is 11.9 Å². The molecule has 0 radical (unpaired) electrons. The van der Waals surface area contributed by atoms with Crippen molar-refractivity contribution in [3.8, 4) is 11.5 Å². The summed E-state index contributed by atoms with van der Waals surface area (Å²) in [5.74, 6) is 0.257. The van der Waals surface area contributed by atoms with Crippen molar-refractivity contribution < 1.29 is 14.3 Å². The summed E-state index contributed by atoms with van der Waals surface area (Å²) in [6, 6.07) is 11.3. The highest BCUT2D eigenvalue weighted by molar-refractivity contribution is 6.30. The topological polar surface area (TPSA) is 95.7 Å². The average Bonchev–Trinajstić information content (AvgIpc) is 3.26. The Morgan fingerprint density at radius 2 is 2.12 bits per heavy atom. The van der Waals surface area contributed by atoms with Gasteiger partial charge in [0.05, 0.1) is 6.20 Å². The lowest BCUT2D eigenvalue weighted by atomic mass is 10.0. The van der Waals surface area contributed by atoms with E-state index in [1.807, 2.05) is 0 Å². The number of rotatable bonds is 5. The number of aromatic nitrogens is 4. The number of aliphatic hydroxyl groups is 1. The number of nitrogens with zero attached hydrogens (tertiary/aromatic N) is 5. The minimum atomic E-state index is -1.27. The van der Waals surface area contributed by atoms with Crippen LogP contribution in [0, 0.1) is 5.82 Å². The molecule has 3 aromatic heterocycles. The Bertz CT molecular complexity index is 1350. The number of anilines is 1. The molecule has 2 N–H and O–H groups in total. The Balaban J connectivity index is 1.30. The summed E-state index contributed by atoms with van der Waals surface area (Å²) in [4.78, 5) is 27.7. The highest BCUT2D eigenvalue weighted by Crippen LogP contribution is 2.24. The molecule has 2 atom stereocenters. The van der Waals surface area contributed by atoms with Gasteiger partial charge in [-0.2, -0.15) is 0 Å². The molecule has 1 aromatic carbocycles. The molecule has 0 bridgehead atoms. The van der Waals surface area contributed by atoms with Crippen LogP contribution >= 0.6 is 11.6 Å². The fraction of sp³-hybridized carbons (Fsp3) is 0.250. The van der Waals surface area contributed by atoms with Gasteiger partial charge < -0.3 is 15.3 Å². The monoisotopic (exact) mass is 480 g/mol. The molecule has 0 aliphatic carbocycles. The fourth-order valence-electron chi connectivity index (χ4n) is 4.18. The number of likely N-dealkylation sites (tertiary alicyclic amines) is 1. The molecule has 4 heterocycles. The van der Waals surface area contributed by atoms with E-state index in [1.165, 1.54) is 12.3 Å². The molecule has 34 heavy (non-hydrogen) atoms. The van der Waals surface area contributed by atoms with Gasteiger partial charge in [-0.05, 0) is 48.7 Å². The van der Waals surface area contributed by atoms with E-state index < -0.39 is 6.10 Å². The summed E-state index contributed by atoms with van der Waals surface area (Å²) >= 11 is 6.00. The molecule has 5 rings (SSSR count). The minimum Gasteiger partial charge on any atom is -0.378 e. The quantitative estimate of drug-likeness (QED) is 0.452. The number of pyridine rings is 1. The van der Waals surface area contributed by atoms with E-state index in [2.05, 4.69) is 20.3 Å². The van der Waals surface area contributed by atoms with Crippen LogP contribution in [-0.2, 0) is 4.79 Å². The maximum atomic E-state index is 13.7. The van der Waals surface area contributed by atoms with Crippen molar-refractivity contribution in [1.29, 1.82) is 0 Å². The van der Waals surface area contributed by atoms with Crippen molar-refractivity contribution >= 4 is 29.0 Å². The summed E-state index contributed by atoms with van der Waals surface area (Å²) in [5.41, 5.74) is 1.64. The number of fused-ring (bicyclic) bond motifs is 1. The molecular formula is C24H22ClFN6O2. The Morgan fingerprint density at radius 1 is 1.24 bits per heavy atom. The minimum absolute atomic E-state index is 0.0494. The second-order valence-electron chi connectivity index (χ2n) is 8.21. The van der Waals surface area contributed by atoms with Gasteiger partial charge in [-0.3, -0.25) is 9.20 Å². The highest BCUT2D eigenvalue weighted by Gasteiger charge is 2.29. The third kappa shape index (κ3) is 4.57. The van der Waals surface area contributed by atoms with Crippen LogP contribution < -0.4 is 5.32 Å². The van der Waals surface area contributed by atoms with Crippen molar-refractivity contribution in [2.45, 2.75) is 25.0 Å². The van der Waals surface area contributed by atoms with E-state index >= 15 is 0 Å². The van der Waals surface area contributed by atoms with E-state index in [9.17, 15) is 14.3 Å². The lowest BCUT2D eigenvalue weighted by molar-refractivity contribution is -0.141. The first-order valence-electron chi connectivity index (χ1n) is 10.9. The Morgan fingerprint density at radius 3 is 2.97 bits per heavy atom. The first-order chi connectivity index (χ1) is 16.5. The van der Waals surface area contributed by atoms with Crippen molar-refractivity contribution in [1.82, 2.24) is 24.3 Å². The van der Waals surface area contributed by atoms with Crippen LogP contribution in [-0.4, -0.2) is 54.4 Å². The number of hydrogen-bond donors (Lipinski definition) is 2. The van der Waals surface area contributed by atoms with Crippen LogP contribution in [0.15, 0.2) is 61.1 Å². The molecule has 0 saturated carbocycles. The average molecular weight is 481 g/mol. The normalized spacial score (nSPS) is 17.0. The lowest BCUT2D eigenvalue weighted by Gasteiger charge is -2.34. The zero-order chi connectivity index (χ0) is 23.7. The van der Waals surface area contributed by atoms with Crippen molar-refractivity contribution in [3.63, 3.8) is 0 Å². The summed E-state index contributed by atoms with van der Waals surface area (Å²) in [7, 11) is 0. The van der Waals surface area contributed by atoms with Gasteiger partial charge in [-0.1, -0.05) is 23.7 Å². The predicted molar refractivity (Wildman–Crippen MR) is 126 cm³/mol. The zero-order valence-electron chi connectivity index (χ0n) is 18.1. The van der Waals surface area contributed by atoms with Crippen LogP contribution in [0.1, 0.15) is 24.5 Å². The van der Waals surface area contributed by atoms with Crippen molar-refractivity contribution in [2.24, 2.45) is 0 Å². The molecule has 0 spiro atoms. The summed E-state index contributed by atoms with van der Waals surface area (Å²) in [5, 5.41) is 14.4. The molecule has 1 saturated heterocycles. The zero-order valence-corrected chi connectivity index (χ0v) is 18.9. The molecule has 1 amide bonds. The standard InChI is InChI=1S/C24H22ClFN6O2/c25-16-4-1-3-15(11-16)22(33)24(34)31-10-2-5-18(14-31)29-20-8-9-27-23(30-20)19-12-28-21-7-6-17(26)13-32(19)21/h1,3-4,6-9,11-13,18,22,33H,2,5,10,14H2,(H,27,29,30). The van der Waals surface area contributed by atoms with Gasteiger partial charge in [-0.25, -0.2) is 19.3 Å². The van der Waals surface area contributed by atoms with E-state index in [0.717, 1.165) is 12.8 Å². The number of aliphatic hydroxyl groups excluding tert-OH is 1. The maximum Gasteiger partial charge on any atom is 0.256 e. The van der Waals surface area contributed by atoms with Gasteiger partial charge >= 0.3 is 0 Å². The smallest absolute Gasteiger partial charge is 0.256 e. The molecule has 2 unspecified atom stereocenters. The second-order valence-corrected chi connectivity index (χ2v) is 8.65. The Kier molecular flexibility index (Phi) is 6.12. The number of imidazole rings is 1. The molecule has 1 fully saturated rings. The second kappa shape index (κ2) is 9.36. The van der Waals surface area contributed by atoms with E-state index in [0.29, 0.717) is 46.7 Å². The first kappa shape index (κ1) is 22.2. The molecule has 8 nitrogen and oxygen atoms in total. The lowest BCUT2D eigenvalue weighted by Crippen LogP contribution is -2.46. The number of halogens is 2. The van der Waals surface area contributed by atoms with Gasteiger partial charge in [0.1, 0.15) is 23.0 Å². The van der Waals surface area contributed by atoms with Crippen LogP contribution in [0.3, 0.4) is 0 Å². The Labute approximate surface area is 200 Å². The number of amides is 1. The van der Waals surface area contributed by atoms with E-state index in [-0.39, 0.29) is 17.8 Å². The SMILES string of the molecule is O=C(C(O)c1cccc(Cl)c1)N1CCCC(Nc2ccnc(-c3cnc4ccc(F)cn34)n2)C1. The van der Waals surface area contributed by atoms with Crippen molar-refractivity contribution in [2.75, 3.05) is 18.4 Å². The molecule has 10 heteroatoms. The van der Waals surface area contributed by atoms with Crippen LogP contribution in [0.5, 0.6) is 0 Å². The van der Waals surface area contributed by atoms with Crippen LogP contribution in [0.4, 0.5) is 10.2 Å². The van der Waals surface area contributed by atoms with E-state index in [1.54, 1.807) is 58.1 Å². The third-order valence-corrected chi connectivity index (χ3v) is 6.07. The van der Waals surface area contributed by atoms with Gasteiger partial charge in [-0.15, -0.1) is 0 Å². The van der Waals surface area contributed by atoms with Gasteiger partial charge in [0.2, 0.25) is 0 Å². The number of hydrogen-bond acceptors (Lipinski definition) is 6. The molecule has 174 valence electrons. The summed E-state index contributed by atoms with van der Waals surface area (Å²) in [6.07, 6.45) is 4.94. The fourth-order valence-corrected chi connectivity index (χ4v) is 4.38. The van der Waals surface area contributed by atoms with Gasteiger partial charge in [0.25, 0.3) is 5.91 Å². The number of carbonyl (C=O) groups is 1. The first-order valence-corrected chi connectivity index (χ1v) is 11.3. The maximum absolute atomic E-state index is 13.7. The molecule has 4 aromatic rings. The van der Waals surface area contributed by atoms with Crippen LogP contribution in [0.25, 0.3) is 17.2 Å². The van der Waals surface area contributed by atoms with Gasteiger partial charge in [0, 0.05) is 36.5 Å². The molecule has 1 aliphatic rings. The summed E-state index contributed by atoms with van der Waals surface area (Å²) in [6.45, 7) is 0.994. The number of piperidine rings is 1. The molecule has 1 aliphatic heterocycles. The predicted octanol–water partition coefficient (Wildman–Crippen LogP) is 3.72. The number of carbonyl (C=O) groups excluding carboxylic acids is 1. The largest absolute Gasteiger partial charge is 0.378 e. The summed E-state index contributed by atoms with van der Waals surface area (Å²) < 4.78 is 15.3. The number of benzene rings is 1. The van der Waals surface area contributed by atoms with Crippen molar-refractivity contribution in [3.05, 3.63) is 77.5 Å². The Hall–Kier alpha value is -3.56.